The minimum atomic E-state index is -0.367. The molecule has 0 saturated carbocycles. The molecule has 2 atom stereocenters. The Morgan fingerprint density at radius 3 is 3.10 bits per heavy atom. The third kappa shape index (κ3) is 2.24. The number of nitrogens with two attached hydrogens (primary N) is 1. The van der Waals surface area contributed by atoms with E-state index in [0.29, 0.717) is 17.1 Å². The molecule has 3 rings (SSSR count). The van der Waals surface area contributed by atoms with E-state index in [-0.39, 0.29) is 18.0 Å². The highest BCUT2D eigenvalue weighted by Crippen LogP contribution is 2.29. The van der Waals surface area contributed by atoms with Gasteiger partial charge in [0, 0.05) is 17.9 Å². The van der Waals surface area contributed by atoms with E-state index in [1.54, 1.807) is 4.68 Å². The van der Waals surface area contributed by atoms with Crippen LogP contribution < -0.4 is 5.73 Å². The zero-order valence-electron chi connectivity index (χ0n) is 11.2. The van der Waals surface area contributed by atoms with E-state index >= 15 is 0 Å². The van der Waals surface area contributed by atoms with Gasteiger partial charge >= 0.3 is 0 Å². The predicted octanol–water partition coefficient (Wildman–Crippen LogP) is 1.80. The molecule has 6 nitrogen and oxygen atoms in total. The van der Waals surface area contributed by atoms with Crippen molar-refractivity contribution in [2.45, 2.75) is 31.9 Å². The van der Waals surface area contributed by atoms with Crippen LogP contribution in [0.4, 0.5) is 10.1 Å². The Bertz CT molecular complexity index is 609. The first-order valence-electron chi connectivity index (χ1n) is 6.61. The molecule has 0 radical (unpaired) electrons. The van der Waals surface area contributed by atoms with Crippen molar-refractivity contribution in [3.63, 3.8) is 0 Å². The lowest BCUT2D eigenvalue weighted by molar-refractivity contribution is 0.0690. The second-order valence-electron chi connectivity index (χ2n) is 4.97. The lowest BCUT2D eigenvalue weighted by Gasteiger charge is -2.19. The molecule has 0 spiro atoms. The second kappa shape index (κ2) is 5.16. The third-order valence-corrected chi connectivity index (χ3v) is 3.64. The van der Waals surface area contributed by atoms with Crippen LogP contribution in [0.15, 0.2) is 18.2 Å². The van der Waals surface area contributed by atoms with Gasteiger partial charge in [0.25, 0.3) is 0 Å². The topological polar surface area (TPSA) is 78.8 Å². The number of tetrazole rings is 1. The van der Waals surface area contributed by atoms with Crippen molar-refractivity contribution >= 4 is 5.69 Å². The summed E-state index contributed by atoms with van der Waals surface area (Å²) in [6, 6.07) is 4.15. The van der Waals surface area contributed by atoms with Gasteiger partial charge in [-0.25, -0.2) is 9.07 Å². The first-order chi connectivity index (χ1) is 9.66. The van der Waals surface area contributed by atoms with E-state index in [1.807, 2.05) is 6.92 Å². The highest BCUT2D eigenvalue weighted by Gasteiger charge is 2.27. The first-order valence-corrected chi connectivity index (χ1v) is 6.61. The number of hydrogen-bond donors (Lipinski definition) is 1. The molecule has 1 aromatic carbocycles. The number of aromatic nitrogens is 4. The highest BCUT2D eigenvalue weighted by molar-refractivity contribution is 5.71. The monoisotopic (exact) mass is 277 g/mol. The van der Waals surface area contributed by atoms with E-state index in [0.717, 1.165) is 19.4 Å². The van der Waals surface area contributed by atoms with Gasteiger partial charge in [-0.3, -0.25) is 0 Å². The van der Waals surface area contributed by atoms with Crippen LogP contribution in [0.25, 0.3) is 11.4 Å². The molecule has 1 aromatic heterocycles. The normalized spacial score (nSPS) is 20.2. The average molecular weight is 277 g/mol. The van der Waals surface area contributed by atoms with Crippen LogP contribution in [0.1, 0.15) is 25.8 Å². The van der Waals surface area contributed by atoms with Crippen molar-refractivity contribution in [3.8, 4) is 11.4 Å². The van der Waals surface area contributed by atoms with Gasteiger partial charge in [0.2, 0.25) is 0 Å². The lowest BCUT2D eigenvalue weighted by Crippen LogP contribution is -2.23. The average Bonchev–Trinajstić information content (AvgIpc) is 3.11. The molecule has 0 aliphatic carbocycles. The molecule has 2 N–H and O–H groups in total. The maximum Gasteiger partial charge on any atom is 0.184 e. The minimum Gasteiger partial charge on any atom is -0.398 e. The Balaban J connectivity index is 1.99. The minimum absolute atomic E-state index is 0.0230. The zero-order chi connectivity index (χ0) is 14.1. The molecular weight excluding hydrogens is 261 g/mol. The van der Waals surface area contributed by atoms with E-state index in [4.69, 9.17) is 10.5 Å². The Hall–Kier alpha value is -2.02. The fourth-order valence-electron chi connectivity index (χ4n) is 2.51. The maximum atomic E-state index is 13.4. The standard InChI is InChI=1S/C13H16FN5O/c1-8(12-3-2-6-20-12)19-13(16-17-18-19)10-7-9(14)4-5-11(10)15/h4-5,7-8,12H,2-3,6,15H2,1H3. The predicted molar refractivity (Wildman–Crippen MR) is 71.3 cm³/mol. The van der Waals surface area contributed by atoms with Crippen LogP contribution in [-0.4, -0.2) is 32.9 Å². The number of benzene rings is 1. The van der Waals surface area contributed by atoms with Gasteiger partial charge in [-0.2, -0.15) is 0 Å². The van der Waals surface area contributed by atoms with Crippen LogP contribution in [0.3, 0.4) is 0 Å². The SMILES string of the molecule is CC(C1CCCO1)n1nnnc1-c1cc(F)ccc1N. The summed E-state index contributed by atoms with van der Waals surface area (Å²) in [4.78, 5) is 0. The van der Waals surface area contributed by atoms with Crippen molar-refractivity contribution < 1.29 is 9.13 Å². The van der Waals surface area contributed by atoms with Crippen molar-refractivity contribution in [2.75, 3.05) is 12.3 Å². The van der Waals surface area contributed by atoms with Gasteiger partial charge in [0.15, 0.2) is 5.82 Å². The maximum absolute atomic E-state index is 13.4. The second-order valence-corrected chi connectivity index (χ2v) is 4.97. The Morgan fingerprint density at radius 1 is 1.50 bits per heavy atom. The van der Waals surface area contributed by atoms with Crippen LogP contribution >= 0.6 is 0 Å². The third-order valence-electron chi connectivity index (χ3n) is 3.64. The van der Waals surface area contributed by atoms with Crippen molar-refractivity contribution in [3.05, 3.63) is 24.0 Å². The van der Waals surface area contributed by atoms with Crippen LogP contribution in [0.2, 0.25) is 0 Å². The summed E-state index contributed by atoms with van der Waals surface area (Å²) in [5.74, 6) is 0.0959. The van der Waals surface area contributed by atoms with E-state index < -0.39 is 0 Å². The molecule has 2 unspecified atom stereocenters. The van der Waals surface area contributed by atoms with E-state index in [1.165, 1.54) is 18.2 Å². The summed E-state index contributed by atoms with van der Waals surface area (Å²) in [6.45, 7) is 2.75. The summed E-state index contributed by atoms with van der Waals surface area (Å²) >= 11 is 0. The van der Waals surface area contributed by atoms with Gasteiger partial charge in [0.05, 0.1) is 12.1 Å². The van der Waals surface area contributed by atoms with Gasteiger partial charge in [0.1, 0.15) is 5.82 Å². The molecule has 20 heavy (non-hydrogen) atoms. The number of nitrogen functional groups attached to an aromatic ring is 1. The fraction of sp³-hybridized carbons (Fsp3) is 0.462. The molecule has 2 aromatic rings. The zero-order valence-corrected chi connectivity index (χ0v) is 11.2. The molecule has 0 amide bonds. The van der Waals surface area contributed by atoms with Crippen molar-refractivity contribution in [1.82, 2.24) is 20.2 Å². The van der Waals surface area contributed by atoms with E-state index in [9.17, 15) is 4.39 Å². The molecule has 0 bridgehead atoms. The number of ether oxygens (including phenoxy) is 1. The number of hydrogen-bond acceptors (Lipinski definition) is 5. The summed E-state index contributed by atoms with van der Waals surface area (Å²) in [7, 11) is 0. The molecule has 1 saturated heterocycles. The van der Waals surface area contributed by atoms with Crippen LogP contribution in [-0.2, 0) is 4.74 Å². The Morgan fingerprint density at radius 2 is 2.35 bits per heavy atom. The first kappa shape index (κ1) is 13.0. The van der Waals surface area contributed by atoms with Gasteiger partial charge < -0.3 is 10.5 Å². The molecule has 1 aliphatic rings. The van der Waals surface area contributed by atoms with Gasteiger partial charge in [-0.05, 0) is 48.4 Å². The number of nitrogens with zero attached hydrogens (tertiary/aromatic N) is 4. The molecular formula is C13H16FN5O. The van der Waals surface area contributed by atoms with Gasteiger partial charge in [-0.15, -0.1) is 5.10 Å². The molecule has 7 heteroatoms. The largest absolute Gasteiger partial charge is 0.398 e. The quantitative estimate of drug-likeness (QED) is 0.865. The number of halogens is 1. The van der Waals surface area contributed by atoms with Gasteiger partial charge in [-0.1, -0.05) is 0 Å². The summed E-state index contributed by atoms with van der Waals surface area (Å²) in [6.07, 6.45) is 2.08. The van der Waals surface area contributed by atoms with Crippen molar-refractivity contribution in [1.29, 1.82) is 0 Å². The summed E-state index contributed by atoms with van der Waals surface area (Å²) in [5, 5.41) is 11.7. The fourth-order valence-corrected chi connectivity index (χ4v) is 2.51. The van der Waals surface area contributed by atoms with Crippen LogP contribution in [0.5, 0.6) is 0 Å². The molecule has 2 heterocycles. The smallest absolute Gasteiger partial charge is 0.184 e. The highest BCUT2D eigenvalue weighted by atomic mass is 19.1. The molecule has 1 fully saturated rings. The number of anilines is 1. The summed E-state index contributed by atoms with van der Waals surface area (Å²) < 4.78 is 20.7. The van der Waals surface area contributed by atoms with Crippen molar-refractivity contribution in [2.24, 2.45) is 0 Å². The molecule has 106 valence electrons. The number of rotatable bonds is 3. The molecule has 1 aliphatic heterocycles. The summed E-state index contributed by atoms with van der Waals surface area (Å²) in [5.41, 5.74) is 6.84. The van der Waals surface area contributed by atoms with Crippen LogP contribution in [0, 0.1) is 5.82 Å². The Labute approximate surface area is 115 Å². The lowest BCUT2D eigenvalue weighted by atomic mass is 10.1. The Kier molecular flexibility index (Phi) is 3.35. The van der Waals surface area contributed by atoms with E-state index in [2.05, 4.69) is 15.5 Å².